The molecule has 120 valence electrons. The van der Waals surface area contributed by atoms with Crippen LogP contribution in [0.3, 0.4) is 0 Å². The van der Waals surface area contributed by atoms with Crippen LogP contribution in [0.2, 0.25) is 0 Å². The van der Waals surface area contributed by atoms with Gasteiger partial charge in [0.2, 0.25) is 5.91 Å². The molecular weight excluding hydrogens is 266 g/mol. The Balaban J connectivity index is 1.79. The van der Waals surface area contributed by atoms with Gasteiger partial charge in [-0.1, -0.05) is 44.9 Å². The molecule has 2 unspecified atom stereocenters. The van der Waals surface area contributed by atoms with Crippen LogP contribution in [0.15, 0.2) is 0 Å². The molecule has 0 radical (unpaired) electrons. The van der Waals surface area contributed by atoms with Gasteiger partial charge in [-0.3, -0.25) is 9.59 Å². The zero-order valence-corrected chi connectivity index (χ0v) is 13.0. The molecule has 0 aromatic heterocycles. The van der Waals surface area contributed by atoms with Crippen molar-refractivity contribution < 1.29 is 14.7 Å². The number of carbonyl (C=O) groups is 2. The average Bonchev–Trinajstić information content (AvgIpc) is 2.44. The molecule has 4 nitrogen and oxygen atoms in total. The molecule has 0 aliphatic heterocycles. The summed E-state index contributed by atoms with van der Waals surface area (Å²) in [6.45, 7) is 0.548. The van der Waals surface area contributed by atoms with Gasteiger partial charge >= 0.3 is 5.97 Å². The normalized spacial score (nSPS) is 28.4. The van der Waals surface area contributed by atoms with E-state index in [2.05, 4.69) is 5.32 Å². The molecule has 0 aromatic carbocycles. The first-order chi connectivity index (χ1) is 10.2. The van der Waals surface area contributed by atoms with Gasteiger partial charge in [0.25, 0.3) is 0 Å². The first-order valence-corrected chi connectivity index (χ1v) is 8.69. The lowest BCUT2D eigenvalue weighted by Crippen LogP contribution is -2.39. The smallest absolute Gasteiger partial charge is 0.306 e. The SMILES string of the molecule is O=C(NCC1CCCCC1C(=O)O)C1CCCCCCC1. The lowest BCUT2D eigenvalue weighted by Gasteiger charge is -2.29. The summed E-state index contributed by atoms with van der Waals surface area (Å²) in [5, 5.41) is 12.3. The van der Waals surface area contributed by atoms with Crippen LogP contribution in [0.25, 0.3) is 0 Å². The lowest BCUT2D eigenvalue weighted by atomic mass is 9.79. The second-order valence-electron chi connectivity index (χ2n) is 6.78. The number of carboxylic acids is 1. The van der Waals surface area contributed by atoms with Crippen LogP contribution in [0.4, 0.5) is 0 Å². The predicted molar refractivity (Wildman–Crippen MR) is 81.9 cm³/mol. The zero-order valence-electron chi connectivity index (χ0n) is 13.0. The van der Waals surface area contributed by atoms with Gasteiger partial charge in [-0.2, -0.15) is 0 Å². The van der Waals surface area contributed by atoms with Crippen LogP contribution in [0.5, 0.6) is 0 Å². The van der Waals surface area contributed by atoms with E-state index in [4.69, 9.17) is 0 Å². The average molecular weight is 295 g/mol. The van der Waals surface area contributed by atoms with E-state index in [0.29, 0.717) is 6.54 Å². The van der Waals surface area contributed by atoms with Gasteiger partial charge in [0.1, 0.15) is 0 Å². The Morgan fingerprint density at radius 1 is 0.857 bits per heavy atom. The van der Waals surface area contributed by atoms with Crippen LogP contribution < -0.4 is 5.32 Å². The number of nitrogens with one attached hydrogen (secondary N) is 1. The molecule has 2 atom stereocenters. The van der Waals surface area contributed by atoms with Crippen molar-refractivity contribution in [1.29, 1.82) is 0 Å². The van der Waals surface area contributed by atoms with Crippen LogP contribution >= 0.6 is 0 Å². The van der Waals surface area contributed by atoms with Crippen LogP contribution in [0, 0.1) is 17.8 Å². The summed E-state index contributed by atoms with van der Waals surface area (Å²) in [5.41, 5.74) is 0. The number of rotatable bonds is 4. The van der Waals surface area contributed by atoms with E-state index in [1.165, 1.54) is 19.3 Å². The van der Waals surface area contributed by atoms with Crippen LogP contribution in [-0.2, 0) is 9.59 Å². The van der Waals surface area contributed by atoms with Gasteiger partial charge in [0, 0.05) is 12.5 Å². The third-order valence-corrected chi connectivity index (χ3v) is 5.24. The molecule has 2 aliphatic carbocycles. The third-order valence-electron chi connectivity index (χ3n) is 5.24. The van der Waals surface area contributed by atoms with Gasteiger partial charge in [0.15, 0.2) is 0 Å². The van der Waals surface area contributed by atoms with Crippen LogP contribution in [-0.4, -0.2) is 23.5 Å². The Bertz CT molecular complexity index is 348. The van der Waals surface area contributed by atoms with Crippen molar-refractivity contribution in [2.24, 2.45) is 17.8 Å². The van der Waals surface area contributed by atoms with E-state index in [1.807, 2.05) is 0 Å². The van der Waals surface area contributed by atoms with E-state index in [9.17, 15) is 14.7 Å². The molecule has 0 spiro atoms. The second kappa shape index (κ2) is 8.40. The van der Waals surface area contributed by atoms with Crippen molar-refractivity contribution in [2.45, 2.75) is 70.6 Å². The molecule has 1 amide bonds. The van der Waals surface area contributed by atoms with Gasteiger partial charge in [0.05, 0.1) is 5.92 Å². The number of aliphatic carboxylic acids is 1. The Morgan fingerprint density at radius 3 is 2.10 bits per heavy atom. The highest BCUT2D eigenvalue weighted by Crippen LogP contribution is 2.30. The summed E-state index contributed by atoms with van der Waals surface area (Å²) in [5.74, 6) is -0.533. The van der Waals surface area contributed by atoms with Crippen molar-refractivity contribution >= 4 is 11.9 Å². The number of carbonyl (C=O) groups excluding carboxylic acids is 1. The van der Waals surface area contributed by atoms with Crippen molar-refractivity contribution in [3.8, 4) is 0 Å². The summed E-state index contributed by atoms with van der Waals surface area (Å²) in [6.07, 6.45) is 11.9. The van der Waals surface area contributed by atoms with Gasteiger partial charge < -0.3 is 10.4 Å². The van der Waals surface area contributed by atoms with E-state index >= 15 is 0 Å². The first-order valence-electron chi connectivity index (χ1n) is 8.69. The van der Waals surface area contributed by atoms with Crippen LogP contribution in [0.1, 0.15) is 70.6 Å². The molecule has 2 N–H and O–H groups in total. The topological polar surface area (TPSA) is 66.4 Å². The largest absolute Gasteiger partial charge is 0.481 e. The number of hydrogen-bond donors (Lipinski definition) is 2. The third kappa shape index (κ3) is 5.01. The summed E-state index contributed by atoms with van der Waals surface area (Å²) < 4.78 is 0. The lowest BCUT2D eigenvalue weighted by molar-refractivity contribution is -0.145. The van der Waals surface area contributed by atoms with Gasteiger partial charge in [-0.15, -0.1) is 0 Å². The molecule has 2 fully saturated rings. The second-order valence-corrected chi connectivity index (χ2v) is 6.78. The molecule has 0 aromatic rings. The fourth-order valence-corrected chi connectivity index (χ4v) is 3.87. The molecular formula is C17H29NO3. The van der Waals surface area contributed by atoms with E-state index < -0.39 is 5.97 Å². The molecule has 2 aliphatic rings. The Labute approximate surface area is 127 Å². The highest BCUT2D eigenvalue weighted by atomic mass is 16.4. The fourth-order valence-electron chi connectivity index (χ4n) is 3.87. The Hall–Kier alpha value is -1.06. The predicted octanol–water partition coefficient (Wildman–Crippen LogP) is 3.35. The fraction of sp³-hybridized carbons (Fsp3) is 0.882. The molecule has 21 heavy (non-hydrogen) atoms. The summed E-state index contributed by atoms with van der Waals surface area (Å²) >= 11 is 0. The zero-order chi connectivity index (χ0) is 15.1. The summed E-state index contributed by atoms with van der Waals surface area (Å²) in [7, 11) is 0. The van der Waals surface area contributed by atoms with E-state index in [-0.39, 0.29) is 23.7 Å². The van der Waals surface area contributed by atoms with Gasteiger partial charge in [-0.05, 0) is 31.6 Å². The maximum Gasteiger partial charge on any atom is 0.306 e. The van der Waals surface area contributed by atoms with Crippen molar-refractivity contribution in [1.82, 2.24) is 5.32 Å². The van der Waals surface area contributed by atoms with E-state index in [0.717, 1.165) is 51.4 Å². The standard InChI is InChI=1S/C17H29NO3/c19-16(13-8-4-2-1-3-5-9-13)18-12-14-10-6-7-11-15(14)17(20)21/h13-15H,1-12H2,(H,18,19)(H,20,21). The summed E-state index contributed by atoms with van der Waals surface area (Å²) in [4.78, 5) is 23.6. The van der Waals surface area contributed by atoms with Gasteiger partial charge in [-0.25, -0.2) is 0 Å². The maximum atomic E-state index is 12.3. The molecule has 4 heteroatoms. The highest BCUT2D eigenvalue weighted by molar-refractivity contribution is 5.78. The maximum absolute atomic E-state index is 12.3. The molecule has 0 bridgehead atoms. The molecule has 0 saturated heterocycles. The molecule has 2 rings (SSSR count). The molecule has 2 saturated carbocycles. The first kappa shape index (κ1) is 16.3. The minimum Gasteiger partial charge on any atom is -0.481 e. The Kier molecular flexibility index (Phi) is 6.52. The molecule has 0 heterocycles. The quantitative estimate of drug-likeness (QED) is 0.835. The number of carboxylic acid groups (broad SMARTS) is 1. The van der Waals surface area contributed by atoms with Crippen molar-refractivity contribution in [2.75, 3.05) is 6.54 Å². The van der Waals surface area contributed by atoms with E-state index in [1.54, 1.807) is 0 Å². The number of hydrogen-bond acceptors (Lipinski definition) is 2. The monoisotopic (exact) mass is 295 g/mol. The highest BCUT2D eigenvalue weighted by Gasteiger charge is 2.31. The minimum absolute atomic E-state index is 0.119. The minimum atomic E-state index is -0.695. The number of amides is 1. The van der Waals surface area contributed by atoms with Crippen molar-refractivity contribution in [3.63, 3.8) is 0 Å². The van der Waals surface area contributed by atoms with Crippen molar-refractivity contribution in [3.05, 3.63) is 0 Å². The summed E-state index contributed by atoms with van der Waals surface area (Å²) in [6, 6.07) is 0. The Morgan fingerprint density at radius 2 is 1.43 bits per heavy atom.